The SMILES string of the molecule is O=C(O)COCC(=O)Nc1ccccc1N1CCc2sccc2C1. The first-order chi connectivity index (χ1) is 11.6. The molecule has 1 aromatic carbocycles. The van der Waals surface area contributed by atoms with Gasteiger partial charge in [-0.15, -0.1) is 11.3 Å². The summed E-state index contributed by atoms with van der Waals surface area (Å²) in [5.41, 5.74) is 3.00. The van der Waals surface area contributed by atoms with E-state index in [2.05, 4.69) is 21.7 Å². The molecule has 0 unspecified atom stereocenters. The Hall–Kier alpha value is -2.38. The average Bonchev–Trinajstić information content (AvgIpc) is 3.02. The number of ether oxygens (including phenoxy) is 1. The van der Waals surface area contributed by atoms with Crippen molar-refractivity contribution in [1.29, 1.82) is 0 Å². The van der Waals surface area contributed by atoms with Gasteiger partial charge in [0.2, 0.25) is 5.91 Å². The zero-order chi connectivity index (χ0) is 16.9. The zero-order valence-corrected chi connectivity index (χ0v) is 13.8. The second-order valence-corrected chi connectivity index (χ2v) is 6.49. The molecule has 1 aliphatic heterocycles. The van der Waals surface area contributed by atoms with Gasteiger partial charge in [-0.25, -0.2) is 4.79 Å². The molecule has 0 saturated carbocycles. The van der Waals surface area contributed by atoms with E-state index < -0.39 is 12.6 Å². The summed E-state index contributed by atoms with van der Waals surface area (Å²) in [7, 11) is 0. The summed E-state index contributed by atoms with van der Waals surface area (Å²) in [5, 5.41) is 13.4. The number of para-hydroxylation sites is 2. The number of rotatable bonds is 6. The summed E-state index contributed by atoms with van der Waals surface area (Å²) in [6.45, 7) is 0.953. The third-order valence-electron chi connectivity index (χ3n) is 3.79. The first-order valence-corrected chi connectivity index (χ1v) is 8.50. The van der Waals surface area contributed by atoms with Gasteiger partial charge in [0.25, 0.3) is 0 Å². The molecule has 6 nitrogen and oxygen atoms in total. The fourth-order valence-corrected chi connectivity index (χ4v) is 3.62. The number of fused-ring (bicyclic) bond motifs is 1. The third-order valence-corrected chi connectivity index (χ3v) is 4.81. The number of carbonyl (C=O) groups excluding carboxylic acids is 1. The summed E-state index contributed by atoms with van der Waals surface area (Å²) >= 11 is 1.79. The molecule has 0 radical (unpaired) electrons. The van der Waals surface area contributed by atoms with Gasteiger partial charge in [0.05, 0.1) is 11.4 Å². The van der Waals surface area contributed by atoms with Crippen LogP contribution in [0.5, 0.6) is 0 Å². The maximum Gasteiger partial charge on any atom is 0.329 e. The number of benzene rings is 1. The number of hydrogen-bond acceptors (Lipinski definition) is 5. The molecule has 0 atom stereocenters. The first-order valence-electron chi connectivity index (χ1n) is 7.62. The van der Waals surface area contributed by atoms with E-state index in [-0.39, 0.29) is 12.5 Å². The minimum atomic E-state index is -1.09. The quantitative estimate of drug-likeness (QED) is 0.839. The monoisotopic (exact) mass is 346 g/mol. The van der Waals surface area contributed by atoms with E-state index >= 15 is 0 Å². The van der Waals surface area contributed by atoms with Crippen LogP contribution in [0.1, 0.15) is 10.4 Å². The van der Waals surface area contributed by atoms with Crippen LogP contribution in [0.2, 0.25) is 0 Å². The van der Waals surface area contributed by atoms with E-state index in [0.717, 1.165) is 25.2 Å². The molecule has 3 rings (SSSR count). The lowest BCUT2D eigenvalue weighted by atomic mass is 10.1. The van der Waals surface area contributed by atoms with Crippen molar-refractivity contribution in [2.24, 2.45) is 0 Å². The zero-order valence-electron chi connectivity index (χ0n) is 13.0. The lowest BCUT2D eigenvalue weighted by molar-refractivity contribution is -0.143. The molecule has 1 aliphatic rings. The molecule has 2 heterocycles. The third kappa shape index (κ3) is 3.93. The molecule has 126 valence electrons. The van der Waals surface area contributed by atoms with Gasteiger partial charge in [0, 0.05) is 18.0 Å². The van der Waals surface area contributed by atoms with E-state index in [1.165, 1.54) is 10.4 Å². The highest BCUT2D eigenvalue weighted by atomic mass is 32.1. The van der Waals surface area contributed by atoms with Crippen LogP contribution in [0.15, 0.2) is 35.7 Å². The normalized spacial score (nSPS) is 13.4. The maximum atomic E-state index is 11.9. The number of carboxylic acid groups (broad SMARTS) is 1. The van der Waals surface area contributed by atoms with Crippen LogP contribution in [0.25, 0.3) is 0 Å². The van der Waals surface area contributed by atoms with Gasteiger partial charge in [0.15, 0.2) is 0 Å². The Bertz CT molecular complexity index is 744. The van der Waals surface area contributed by atoms with Gasteiger partial charge < -0.3 is 20.1 Å². The number of thiophene rings is 1. The summed E-state index contributed by atoms with van der Waals surface area (Å²) < 4.78 is 4.83. The van der Waals surface area contributed by atoms with E-state index in [4.69, 9.17) is 9.84 Å². The lowest BCUT2D eigenvalue weighted by Gasteiger charge is -2.30. The molecule has 0 spiro atoms. The summed E-state index contributed by atoms with van der Waals surface area (Å²) in [4.78, 5) is 26.0. The summed E-state index contributed by atoms with van der Waals surface area (Å²) in [6, 6.07) is 9.76. The highest BCUT2D eigenvalue weighted by Crippen LogP contribution is 2.32. The van der Waals surface area contributed by atoms with Crippen molar-refractivity contribution < 1.29 is 19.4 Å². The predicted molar refractivity (Wildman–Crippen MR) is 92.6 cm³/mol. The fraction of sp³-hybridized carbons (Fsp3) is 0.294. The van der Waals surface area contributed by atoms with Crippen molar-refractivity contribution in [3.63, 3.8) is 0 Å². The van der Waals surface area contributed by atoms with Crippen molar-refractivity contribution in [3.8, 4) is 0 Å². The molecule has 0 aliphatic carbocycles. The van der Waals surface area contributed by atoms with Gasteiger partial charge in [-0.2, -0.15) is 0 Å². The van der Waals surface area contributed by atoms with Crippen LogP contribution < -0.4 is 10.2 Å². The molecule has 24 heavy (non-hydrogen) atoms. The van der Waals surface area contributed by atoms with E-state index in [9.17, 15) is 9.59 Å². The van der Waals surface area contributed by atoms with Crippen LogP contribution >= 0.6 is 11.3 Å². The smallest absolute Gasteiger partial charge is 0.329 e. The van der Waals surface area contributed by atoms with Crippen molar-refractivity contribution in [3.05, 3.63) is 46.2 Å². The van der Waals surface area contributed by atoms with Crippen LogP contribution in [0.4, 0.5) is 11.4 Å². The number of hydrogen-bond donors (Lipinski definition) is 2. The van der Waals surface area contributed by atoms with Crippen LogP contribution in [-0.2, 0) is 27.3 Å². The van der Waals surface area contributed by atoms with Crippen LogP contribution in [-0.4, -0.2) is 36.7 Å². The molecule has 1 amide bonds. The Morgan fingerprint density at radius 3 is 2.92 bits per heavy atom. The van der Waals surface area contributed by atoms with Crippen molar-refractivity contribution >= 4 is 34.6 Å². The molecule has 7 heteroatoms. The topological polar surface area (TPSA) is 78.9 Å². The van der Waals surface area contributed by atoms with Gasteiger partial charge in [-0.1, -0.05) is 12.1 Å². The number of amides is 1. The molecular weight excluding hydrogens is 328 g/mol. The minimum Gasteiger partial charge on any atom is -0.480 e. The largest absolute Gasteiger partial charge is 0.480 e. The molecule has 1 aromatic heterocycles. The van der Waals surface area contributed by atoms with Crippen LogP contribution in [0.3, 0.4) is 0 Å². The number of aliphatic carboxylic acids is 1. The molecule has 0 bridgehead atoms. The minimum absolute atomic E-state index is 0.282. The Balaban J connectivity index is 1.67. The standard InChI is InChI=1S/C17H18N2O4S/c20-16(10-23-11-17(21)22)18-13-3-1-2-4-14(13)19-7-5-15-12(9-19)6-8-24-15/h1-4,6,8H,5,7,9-11H2,(H,18,20)(H,21,22). The lowest BCUT2D eigenvalue weighted by Crippen LogP contribution is -2.30. The van der Waals surface area contributed by atoms with Crippen molar-refractivity contribution in [1.82, 2.24) is 0 Å². The molecular formula is C17H18N2O4S. The van der Waals surface area contributed by atoms with Crippen molar-refractivity contribution in [2.75, 3.05) is 30.0 Å². The molecule has 2 N–H and O–H groups in total. The number of carboxylic acids is 1. The first kappa shape index (κ1) is 16.5. The summed E-state index contributed by atoms with van der Waals surface area (Å²) in [5.74, 6) is -1.46. The van der Waals surface area contributed by atoms with E-state index in [0.29, 0.717) is 5.69 Å². The Morgan fingerprint density at radius 2 is 2.08 bits per heavy atom. The van der Waals surface area contributed by atoms with Crippen molar-refractivity contribution in [2.45, 2.75) is 13.0 Å². The predicted octanol–water partition coefficient (Wildman–Crippen LogP) is 2.35. The maximum absolute atomic E-state index is 11.9. The van der Waals surface area contributed by atoms with Crippen LogP contribution in [0, 0.1) is 0 Å². The van der Waals surface area contributed by atoms with Gasteiger partial charge in [0.1, 0.15) is 13.2 Å². The average molecular weight is 346 g/mol. The Labute approximate surface area is 143 Å². The molecule has 0 saturated heterocycles. The number of nitrogens with one attached hydrogen (secondary N) is 1. The number of nitrogens with zero attached hydrogens (tertiary/aromatic N) is 1. The molecule has 0 fully saturated rings. The Kier molecular flexibility index (Phi) is 5.12. The van der Waals surface area contributed by atoms with Gasteiger partial charge >= 0.3 is 5.97 Å². The second-order valence-electron chi connectivity index (χ2n) is 5.49. The highest BCUT2D eigenvalue weighted by molar-refractivity contribution is 7.10. The van der Waals surface area contributed by atoms with E-state index in [1.54, 1.807) is 11.3 Å². The van der Waals surface area contributed by atoms with Gasteiger partial charge in [-0.05, 0) is 35.6 Å². The molecule has 2 aromatic rings. The number of carbonyl (C=O) groups is 2. The van der Waals surface area contributed by atoms with Gasteiger partial charge in [-0.3, -0.25) is 4.79 Å². The highest BCUT2D eigenvalue weighted by Gasteiger charge is 2.20. The second kappa shape index (κ2) is 7.46. The number of anilines is 2. The van der Waals surface area contributed by atoms with E-state index in [1.807, 2.05) is 24.3 Å². The summed E-state index contributed by atoms with van der Waals surface area (Å²) in [6.07, 6.45) is 0.997. The fourth-order valence-electron chi connectivity index (χ4n) is 2.73. The Morgan fingerprint density at radius 1 is 1.25 bits per heavy atom.